The molecule has 196 valence electrons. The van der Waals surface area contributed by atoms with E-state index >= 15 is 0 Å². The lowest BCUT2D eigenvalue weighted by Gasteiger charge is -2.30. The Hall–Kier alpha value is -3.80. The van der Waals surface area contributed by atoms with Gasteiger partial charge in [-0.15, -0.1) is 0 Å². The van der Waals surface area contributed by atoms with Crippen LogP contribution < -0.4 is 10.6 Å². The van der Waals surface area contributed by atoms with E-state index in [-0.39, 0.29) is 35.9 Å². The number of carbonyl (C=O) groups is 1. The monoisotopic (exact) mass is 515 g/mol. The normalized spacial score (nSPS) is 15.4. The number of amides is 1. The first-order chi connectivity index (χ1) is 17.7. The van der Waals surface area contributed by atoms with Gasteiger partial charge in [0.1, 0.15) is 6.54 Å². The fourth-order valence-corrected chi connectivity index (χ4v) is 4.64. The van der Waals surface area contributed by atoms with E-state index in [2.05, 4.69) is 32.7 Å². The van der Waals surface area contributed by atoms with E-state index in [1.54, 1.807) is 48.3 Å². The number of halogens is 3. The van der Waals surface area contributed by atoms with E-state index in [1.807, 2.05) is 6.07 Å². The Labute approximate surface area is 211 Å². The smallest absolute Gasteiger partial charge is 0.382 e. The molecule has 12 heteroatoms. The molecule has 2 N–H and O–H groups in total. The number of benzene rings is 1. The molecule has 0 aliphatic carbocycles. The van der Waals surface area contributed by atoms with Crippen molar-refractivity contribution in [2.75, 3.05) is 25.5 Å². The molecule has 9 nitrogen and oxygen atoms in total. The number of carbonyl (C=O) groups excluding carboxylic acids is 1. The summed E-state index contributed by atoms with van der Waals surface area (Å²) in [5.41, 5.74) is 1.86. The van der Waals surface area contributed by atoms with Crippen molar-refractivity contribution in [2.24, 2.45) is 7.05 Å². The summed E-state index contributed by atoms with van der Waals surface area (Å²) in [6.45, 7) is 0.669. The van der Waals surface area contributed by atoms with Gasteiger partial charge < -0.3 is 29.2 Å². The molecular weight excluding hydrogens is 487 g/mol. The van der Waals surface area contributed by atoms with Crippen molar-refractivity contribution in [1.82, 2.24) is 29.5 Å². The number of hydrogen-bond acceptors (Lipinski definition) is 6. The molecule has 1 aliphatic heterocycles. The second kappa shape index (κ2) is 9.92. The van der Waals surface area contributed by atoms with Crippen molar-refractivity contribution in [3.63, 3.8) is 0 Å². The summed E-state index contributed by atoms with van der Waals surface area (Å²) in [5, 5.41) is 10.8. The number of fused-ring (bicyclic) bond motifs is 1. The Morgan fingerprint density at radius 2 is 1.97 bits per heavy atom. The van der Waals surface area contributed by atoms with E-state index in [0.717, 1.165) is 36.2 Å². The van der Waals surface area contributed by atoms with Crippen LogP contribution in [0, 0.1) is 0 Å². The van der Waals surface area contributed by atoms with Crippen LogP contribution in [0.4, 0.5) is 18.9 Å². The van der Waals surface area contributed by atoms with E-state index in [1.165, 1.54) is 0 Å². The van der Waals surface area contributed by atoms with Gasteiger partial charge in [-0.05, 0) is 57.2 Å². The highest BCUT2D eigenvalue weighted by molar-refractivity contribution is 5.96. The molecule has 1 fully saturated rings. The van der Waals surface area contributed by atoms with Crippen LogP contribution in [0.15, 0.2) is 47.2 Å². The zero-order valence-electron chi connectivity index (χ0n) is 20.5. The van der Waals surface area contributed by atoms with Gasteiger partial charge in [-0.1, -0.05) is 11.2 Å². The summed E-state index contributed by atoms with van der Waals surface area (Å²) in [7, 11) is 3.88. The predicted octanol–water partition coefficient (Wildman–Crippen LogP) is 4.03. The molecule has 0 spiro atoms. The van der Waals surface area contributed by atoms with Crippen molar-refractivity contribution >= 4 is 22.5 Å². The van der Waals surface area contributed by atoms with Crippen LogP contribution in [0.3, 0.4) is 0 Å². The van der Waals surface area contributed by atoms with Gasteiger partial charge in [0.2, 0.25) is 11.7 Å². The van der Waals surface area contributed by atoms with Gasteiger partial charge >= 0.3 is 6.18 Å². The lowest BCUT2D eigenvalue weighted by molar-refractivity contribution is -0.139. The van der Waals surface area contributed by atoms with Crippen LogP contribution in [0.5, 0.6) is 0 Å². The first-order valence-corrected chi connectivity index (χ1v) is 12.0. The number of likely N-dealkylation sites (tertiary alicyclic amines) is 1. The maximum absolute atomic E-state index is 13.6. The van der Waals surface area contributed by atoms with E-state index in [0.29, 0.717) is 16.5 Å². The van der Waals surface area contributed by atoms with E-state index in [4.69, 9.17) is 4.52 Å². The summed E-state index contributed by atoms with van der Waals surface area (Å²) < 4.78 is 48.9. The summed E-state index contributed by atoms with van der Waals surface area (Å²) in [6.07, 6.45) is 0.864. The number of alkyl halides is 3. The molecule has 1 aliphatic rings. The van der Waals surface area contributed by atoms with Crippen molar-refractivity contribution in [1.29, 1.82) is 0 Å². The lowest BCUT2D eigenvalue weighted by Crippen LogP contribution is -2.36. The molecule has 0 bridgehead atoms. The Kier molecular flexibility index (Phi) is 6.67. The minimum Gasteiger partial charge on any atom is -0.382 e. The van der Waals surface area contributed by atoms with Crippen molar-refractivity contribution in [3.8, 4) is 11.5 Å². The maximum Gasteiger partial charge on any atom is 0.406 e. The van der Waals surface area contributed by atoms with Crippen LogP contribution in [-0.2, 0) is 20.1 Å². The molecule has 1 aromatic carbocycles. The molecule has 37 heavy (non-hydrogen) atoms. The number of piperidine rings is 1. The molecule has 0 unspecified atom stereocenters. The molecule has 1 saturated heterocycles. The quantitative estimate of drug-likeness (QED) is 0.386. The first kappa shape index (κ1) is 24.9. The number of rotatable bonds is 7. The first-order valence-electron chi connectivity index (χ1n) is 12.0. The van der Waals surface area contributed by atoms with Crippen molar-refractivity contribution in [3.05, 3.63) is 54.2 Å². The third-order valence-corrected chi connectivity index (χ3v) is 6.55. The zero-order valence-corrected chi connectivity index (χ0v) is 20.5. The molecule has 0 atom stereocenters. The highest BCUT2D eigenvalue weighted by atomic mass is 19.4. The molecule has 0 radical (unpaired) electrons. The van der Waals surface area contributed by atoms with Crippen molar-refractivity contribution in [2.45, 2.75) is 38.1 Å². The fourth-order valence-electron chi connectivity index (χ4n) is 4.64. The summed E-state index contributed by atoms with van der Waals surface area (Å²) >= 11 is 0. The average molecular weight is 516 g/mol. The third-order valence-electron chi connectivity index (χ3n) is 6.55. The van der Waals surface area contributed by atoms with Gasteiger partial charge in [0.05, 0.1) is 23.3 Å². The van der Waals surface area contributed by atoms with Gasteiger partial charge in [-0.3, -0.25) is 4.79 Å². The topological polar surface area (TPSA) is 93.2 Å². The highest BCUT2D eigenvalue weighted by Gasteiger charge is 2.31. The minimum atomic E-state index is -4.45. The SMILES string of the molecule is CN1CCC(Nc2cccc3c2cc(-c2noc(CNC(=O)c4ccn(C)c4)n2)n3CC(F)(F)F)CC1. The molecular formula is C25H28F3N7O2. The predicted molar refractivity (Wildman–Crippen MR) is 132 cm³/mol. The molecule has 0 saturated carbocycles. The summed E-state index contributed by atoms with van der Waals surface area (Å²) in [4.78, 5) is 18.8. The van der Waals surface area contributed by atoms with Gasteiger partial charge in [0.25, 0.3) is 5.91 Å². The molecule has 4 aromatic rings. The second-order valence-corrected chi connectivity index (χ2v) is 9.45. The number of aromatic nitrogens is 4. The maximum atomic E-state index is 13.6. The highest BCUT2D eigenvalue weighted by Crippen LogP contribution is 2.34. The van der Waals surface area contributed by atoms with Gasteiger partial charge in [-0.25, -0.2) is 0 Å². The van der Waals surface area contributed by atoms with Gasteiger partial charge in [0, 0.05) is 36.6 Å². The van der Waals surface area contributed by atoms with Crippen LogP contribution in [-0.4, -0.2) is 62.4 Å². The number of hydrogen-bond donors (Lipinski definition) is 2. The minimum absolute atomic E-state index is 0.0228. The van der Waals surface area contributed by atoms with Crippen LogP contribution in [0.2, 0.25) is 0 Å². The van der Waals surface area contributed by atoms with Crippen LogP contribution >= 0.6 is 0 Å². The number of anilines is 1. The van der Waals surface area contributed by atoms with Gasteiger partial charge in [0.15, 0.2) is 0 Å². The Morgan fingerprint density at radius 1 is 1.19 bits per heavy atom. The molecule has 5 rings (SSSR count). The van der Waals surface area contributed by atoms with E-state index < -0.39 is 12.7 Å². The number of aryl methyl sites for hydroxylation is 1. The van der Waals surface area contributed by atoms with Gasteiger partial charge in [-0.2, -0.15) is 18.2 Å². The van der Waals surface area contributed by atoms with E-state index in [9.17, 15) is 18.0 Å². The average Bonchev–Trinajstić information content (AvgIpc) is 3.58. The van der Waals surface area contributed by atoms with Crippen molar-refractivity contribution < 1.29 is 22.5 Å². The molecule has 4 heterocycles. The third kappa shape index (κ3) is 5.63. The second-order valence-electron chi connectivity index (χ2n) is 9.45. The zero-order chi connectivity index (χ0) is 26.2. The van der Waals surface area contributed by atoms with Crippen LogP contribution in [0.1, 0.15) is 29.1 Å². The largest absolute Gasteiger partial charge is 0.406 e. The summed E-state index contributed by atoms with van der Waals surface area (Å²) in [6, 6.07) is 8.85. The number of nitrogens with one attached hydrogen (secondary N) is 2. The lowest BCUT2D eigenvalue weighted by atomic mass is 10.0. The fraction of sp³-hybridized carbons (Fsp3) is 0.400. The Bertz CT molecular complexity index is 1400. The molecule has 1 amide bonds. The van der Waals surface area contributed by atoms with Crippen LogP contribution in [0.25, 0.3) is 22.4 Å². The Balaban J connectivity index is 1.42. The standard InChI is InChI=1S/C25H28F3N7O2/c1-33-10-7-17(8-11-33)30-19-4-3-5-20-18(19)12-21(35(20)15-25(26,27)28)23-31-22(37-32-23)13-29-24(36)16-6-9-34(2)14-16/h3-6,9,12,14,17,30H,7-8,10-11,13,15H2,1-2H3,(H,29,36). The Morgan fingerprint density at radius 3 is 2.68 bits per heavy atom. The summed E-state index contributed by atoms with van der Waals surface area (Å²) in [5.74, 6) is -0.210. The molecule has 3 aromatic heterocycles. The number of nitrogens with zero attached hydrogens (tertiary/aromatic N) is 5.